The lowest BCUT2D eigenvalue weighted by atomic mass is 9.81. The Hall–Kier alpha value is -1.88. The van der Waals surface area contributed by atoms with Crippen molar-refractivity contribution in [3.8, 4) is 0 Å². The number of nitrogens with zero attached hydrogens (tertiary/aromatic N) is 2. The van der Waals surface area contributed by atoms with Crippen LogP contribution in [0.1, 0.15) is 43.0 Å². The molecule has 0 unspecified atom stereocenters. The molecular weight excluding hydrogens is 316 g/mol. The highest BCUT2D eigenvalue weighted by molar-refractivity contribution is 5.94. The molecule has 0 aromatic heterocycles. The van der Waals surface area contributed by atoms with Crippen LogP contribution in [-0.2, 0) is 4.79 Å². The van der Waals surface area contributed by atoms with Crippen LogP contribution in [0.25, 0.3) is 0 Å². The zero-order chi connectivity index (χ0) is 17.8. The molecule has 3 atom stereocenters. The number of aliphatic hydroxyl groups excluding tert-OH is 1. The molecule has 2 fully saturated rings. The Balaban J connectivity index is 1.58. The first-order valence-corrected chi connectivity index (χ1v) is 9.38. The molecular formula is C20H28N2O3. The van der Waals surface area contributed by atoms with E-state index >= 15 is 0 Å². The number of carbonyl (C=O) groups is 2. The molecule has 2 heterocycles. The third kappa shape index (κ3) is 4.21. The molecule has 25 heavy (non-hydrogen) atoms. The van der Waals surface area contributed by atoms with Crippen molar-refractivity contribution in [3.05, 3.63) is 35.9 Å². The summed E-state index contributed by atoms with van der Waals surface area (Å²) in [5, 5.41) is 9.62. The number of amides is 2. The van der Waals surface area contributed by atoms with Gasteiger partial charge in [0.15, 0.2) is 0 Å². The van der Waals surface area contributed by atoms with Crippen molar-refractivity contribution in [3.63, 3.8) is 0 Å². The molecule has 1 aromatic rings. The maximum absolute atomic E-state index is 12.7. The lowest BCUT2D eigenvalue weighted by Crippen LogP contribution is -2.45. The average molecular weight is 344 g/mol. The molecule has 3 rings (SSSR count). The predicted molar refractivity (Wildman–Crippen MR) is 96.1 cm³/mol. The summed E-state index contributed by atoms with van der Waals surface area (Å²) in [6.45, 7) is 4.72. The molecule has 0 aliphatic carbocycles. The quantitative estimate of drug-likeness (QED) is 0.910. The van der Waals surface area contributed by atoms with Crippen LogP contribution in [0.15, 0.2) is 30.3 Å². The van der Waals surface area contributed by atoms with Gasteiger partial charge in [0, 0.05) is 38.2 Å². The van der Waals surface area contributed by atoms with Gasteiger partial charge in [0.1, 0.15) is 0 Å². The summed E-state index contributed by atoms with van der Waals surface area (Å²) in [6.07, 6.45) is 2.71. The number of hydrogen-bond donors (Lipinski definition) is 1. The van der Waals surface area contributed by atoms with Crippen LogP contribution in [0.2, 0.25) is 0 Å². The van der Waals surface area contributed by atoms with E-state index in [0.29, 0.717) is 44.3 Å². The molecule has 0 saturated carbocycles. The third-order valence-corrected chi connectivity index (χ3v) is 5.68. The van der Waals surface area contributed by atoms with Gasteiger partial charge in [0.2, 0.25) is 5.91 Å². The third-order valence-electron chi connectivity index (χ3n) is 5.68. The number of piperidine rings is 1. The van der Waals surface area contributed by atoms with Crippen molar-refractivity contribution < 1.29 is 14.7 Å². The van der Waals surface area contributed by atoms with E-state index in [-0.39, 0.29) is 17.9 Å². The molecule has 2 saturated heterocycles. The number of carbonyl (C=O) groups excluding carboxylic acids is 2. The predicted octanol–water partition coefficient (Wildman–Crippen LogP) is 2.16. The molecule has 5 nitrogen and oxygen atoms in total. The van der Waals surface area contributed by atoms with Crippen molar-refractivity contribution in [2.75, 3.05) is 26.2 Å². The van der Waals surface area contributed by atoms with Gasteiger partial charge in [0.05, 0.1) is 6.10 Å². The largest absolute Gasteiger partial charge is 0.391 e. The molecule has 1 aromatic carbocycles. The smallest absolute Gasteiger partial charge is 0.253 e. The molecule has 5 heteroatoms. The second kappa shape index (κ2) is 8.00. The SMILES string of the molecule is CC[C@H]1CN(C(=O)c2ccccc2)CC[C@H]1CC(=O)N1CC[C@H](O)C1. The van der Waals surface area contributed by atoms with Gasteiger partial charge in [-0.3, -0.25) is 9.59 Å². The topological polar surface area (TPSA) is 60.9 Å². The first-order valence-electron chi connectivity index (χ1n) is 9.38. The van der Waals surface area contributed by atoms with Crippen molar-refractivity contribution in [2.24, 2.45) is 11.8 Å². The van der Waals surface area contributed by atoms with Gasteiger partial charge in [-0.2, -0.15) is 0 Å². The minimum Gasteiger partial charge on any atom is -0.391 e. The lowest BCUT2D eigenvalue weighted by molar-refractivity contribution is -0.132. The molecule has 2 amide bonds. The lowest BCUT2D eigenvalue weighted by Gasteiger charge is -2.38. The van der Waals surface area contributed by atoms with Crippen LogP contribution in [0, 0.1) is 11.8 Å². The molecule has 1 N–H and O–H groups in total. The fourth-order valence-electron chi connectivity index (χ4n) is 4.08. The van der Waals surface area contributed by atoms with E-state index in [1.807, 2.05) is 35.2 Å². The van der Waals surface area contributed by atoms with Crippen molar-refractivity contribution in [1.29, 1.82) is 0 Å². The number of aliphatic hydroxyl groups is 1. The van der Waals surface area contributed by atoms with Crippen LogP contribution in [0.4, 0.5) is 0 Å². The Morgan fingerprint density at radius 1 is 1.04 bits per heavy atom. The van der Waals surface area contributed by atoms with Crippen molar-refractivity contribution in [1.82, 2.24) is 9.80 Å². The van der Waals surface area contributed by atoms with Gasteiger partial charge in [-0.05, 0) is 36.8 Å². The molecule has 2 aliphatic heterocycles. The normalized spacial score (nSPS) is 26.7. The molecule has 0 bridgehead atoms. The number of likely N-dealkylation sites (tertiary alicyclic amines) is 2. The van der Waals surface area contributed by atoms with Crippen LogP contribution in [0.5, 0.6) is 0 Å². The number of rotatable bonds is 4. The Morgan fingerprint density at radius 2 is 1.76 bits per heavy atom. The van der Waals surface area contributed by atoms with Crippen LogP contribution in [0.3, 0.4) is 0 Å². The first-order chi connectivity index (χ1) is 12.1. The van der Waals surface area contributed by atoms with Gasteiger partial charge >= 0.3 is 0 Å². The second-order valence-corrected chi connectivity index (χ2v) is 7.32. The highest BCUT2D eigenvalue weighted by atomic mass is 16.3. The Bertz CT molecular complexity index is 604. The first kappa shape index (κ1) is 17.9. The summed E-state index contributed by atoms with van der Waals surface area (Å²) in [7, 11) is 0. The summed E-state index contributed by atoms with van der Waals surface area (Å²) >= 11 is 0. The van der Waals surface area contributed by atoms with E-state index < -0.39 is 0 Å². The molecule has 0 radical (unpaired) electrons. The number of β-amino-alcohol motifs (C(OH)–C–C–N with tert-alkyl or cyclic N) is 1. The zero-order valence-corrected chi connectivity index (χ0v) is 14.9. The van der Waals surface area contributed by atoms with E-state index in [1.54, 1.807) is 4.90 Å². The Kier molecular flexibility index (Phi) is 5.74. The number of hydrogen-bond acceptors (Lipinski definition) is 3. The Labute approximate surface area is 149 Å². The highest BCUT2D eigenvalue weighted by Crippen LogP contribution is 2.30. The van der Waals surface area contributed by atoms with E-state index in [1.165, 1.54) is 0 Å². The Morgan fingerprint density at radius 3 is 2.40 bits per heavy atom. The van der Waals surface area contributed by atoms with Crippen LogP contribution < -0.4 is 0 Å². The molecule has 136 valence electrons. The summed E-state index contributed by atoms with van der Waals surface area (Å²) in [6, 6.07) is 9.41. The number of benzene rings is 1. The minimum atomic E-state index is -0.365. The minimum absolute atomic E-state index is 0.0893. The van der Waals surface area contributed by atoms with E-state index in [9.17, 15) is 14.7 Å². The summed E-state index contributed by atoms with van der Waals surface area (Å²) < 4.78 is 0. The van der Waals surface area contributed by atoms with Gasteiger partial charge < -0.3 is 14.9 Å². The fraction of sp³-hybridized carbons (Fsp3) is 0.600. The van der Waals surface area contributed by atoms with Crippen LogP contribution in [-0.4, -0.2) is 59.0 Å². The summed E-state index contributed by atoms with van der Waals surface area (Å²) in [5.74, 6) is 0.933. The van der Waals surface area contributed by atoms with Gasteiger partial charge in [0.25, 0.3) is 5.91 Å². The highest BCUT2D eigenvalue weighted by Gasteiger charge is 2.34. The molecule has 0 spiro atoms. The maximum atomic E-state index is 12.7. The van der Waals surface area contributed by atoms with E-state index in [4.69, 9.17) is 0 Å². The van der Waals surface area contributed by atoms with E-state index in [0.717, 1.165) is 24.9 Å². The zero-order valence-electron chi connectivity index (χ0n) is 14.9. The summed E-state index contributed by atoms with van der Waals surface area (Å²) in [5.41, 5.74) is 0.734. The summed E-state index contributed by atoms with van der Waals surface area (Å²) in [4.78, 5) is 28.9. The second-order valence-electron chi connectivity index (χ2n) is 7.32. The average Bonchev–Trinajstić information content (AvgIpc) is 3.08. The monoisotopic (exact) mass is 344 g/mol. The fourth-order valence-corrected chi connectivity index (χ4v) is 4.08. The van der Waals surface area contributed by atoms with Crippen molar-refractivity contribution >= 4 is 11.8 Å². The van der Waals surface area contributed by atoms with Crippen molar-refractivity contribution in [2.45, 2.75) is 38.7 Å². The van der Waals surface area contributed by atoms with Crippen LogP contribution >= 0.6 is 0 Å². The van der Waals surface area contributed by atoms with Gasteiger partial charge in [-0.25, -0.2) is 0 Å². The maximum Gasteiger partial charge on any atom is 0.253 e. The van der Waals surface area contributed by atoms with Gasteiger partial charge in [-0.15, -0.1) is 0 Å². The van der Waals surface area contributed by atoms with E-state index in [2.05, 4.69) is 6.92 Å². The molecule has 2 aliphatic rings. The standard InChI is InChI=1S/C20H28N2O3/c1-2-15-13-22(20(25)16-6-4-3-5-7-16)10-8-17(15)12-19(24)21-11-9-18(23)14-21/h3-7,15,17-18,23H,2,8-14H2,1H3/t15-,17-,18-/m0/s1. The van der Waals surface area contributed by atoms with Gasteiger partial charge in [-0.1, -0.05) is 31.5 Å².